The van der Waals surface area contributed by atoms with Gasteiger partial charge in [-0.1, -0.05) is 0 Å². The molecule has 4 heteroatoms. The third-order valence-electron chi connectivity index (χ3n) is 3.73. The van der Waals surface area contributed by atoms with E-state index in [-0.39, 0.29) is 0 Å². The highest BCUT2D eigenvalue weighted by Gasteiger charge is 2.34. The van der Waals surface area contributed by atoms with Gasteiger partial charge < -0.3 is 14.5 Å². The van der Waals surface area contributed by atoms with Gasteiger partial charge >= 0.3 is 0 Å². The smallest absolute Gasteiger partial charge is 0.118 e. The molecule has 3 rings (SSSR count). The number of nitrogens with zero attached hydrogens (tertiary/aromatic N) is 1. The molecule has 0 unspecified atom stereocenters. The van der Waals surface area contributed by atoms with Crippen LogP contribution < -0.4 is 5.32 Å². The van der Waals surface area contributed by atoms with Crippen LogP contribution in [0.3, 0.4) is 0 Å². The van der Waals surface area contributed by atoms with Gasteiger partial charge in [-0.15, -0.1) is 0 Å². The Morgan fingerprint density at radius 1 is 1.47 bits per heavy atom. The van der Waals surface area contributed by atoms with Gasteiger partial charge in [0.2, 0.25) is 0 Å². The van der Waals surface area contributed by atoms with E-state index in [1.165, 1.54) is 6.42 Å². The minimum atomic E-state index is 0.355. The zero-order valence-corrected chi connectivity index (χ0v) is 10.3. The Hall–Kier alpha value is -0.840. The lowest BCUT2D eigenvalue weighted by atomic mass is 10.00. The van der Waals surface area contributed by atoms with E-state index in [9.17, 15) is 0 Å². The zero-order valence-electron chi connectivity index (χ0n) is 10.3. The molecule has 2 aliphatic rings. The molecule has 2 aliphatic heterocycles. The summed E-state index contributed by atoms with van der Waals surface area (Å²) in [7, 11) is 0. The Labute approximate surface area is 102 Å². The van der Waals surface area contributed by atoms with E-state index in [0.717, 1.165) is 44.3 Å². The van der Waals surface area contributed by atoms with Crippen molar-refractivity contribution in [2.45, 2.75) is 32.0 Å². The summed E-state index contributed by atoms with van der Waals surface area (Å²) in [5, 5.41) is 3.40. The number of piperidine rings is 1. The summed E-state index contributed by atoms with van der Waals surface area (Å²) in [5.74, 6) is 2.07. The van der Waals surface area contributed by atoms with Crippen molar-refractivity contribution >= 4 is 0 Å². The van der Waals surface area contributed by atoms with Crippen molar-refractivity contribution in [3.8, 4) is 0 Å². The fraction of sp³-hybridized carbons (Fsp3) is 0.692. The minimum absolute atomic E-state index is 0.355. The summed E-state index contributed by atoms with van der Waals surface area (Å²) in [6.45, 7) is 6.84. The van der Waals surface area contributed by atoms with Crippen molar-refractivity contribution in [1.29, 1.82) is 0 Å². The molecule has 0 aromatic carbocycles. The molecule has 0 bridgehead atoms. The van der Waals surface area contributed by atoms with E-state index >= 15 is 0 Å². The lowest BCUT2D eigenvalue weighted by Gasteiger charge is -2.43. The van der Waals surface area contributed by atoms with Crippen LogP contribution in [0.2, 0.25) is 0 Å². The lowest BCUT2D eigenvalue weighted by Crippen LogP contribution is -2.57. The largest absolute Gasteiger partial charge is 0.465 e. The molecule has 2 fully saturated rings. The maximum Gasteiger partial charge on any atom is 0.118 e. The van der Waals surface area contributed by atoms with Gasteiger partial charge in [0.1, 0.15) is 11.5 Å². The Balaban J connectivity index is 1.68. The van der Waals surface area contributed by atoms with Crippen molar-refractivity contribution in [3.05, 3.63) is 23.7 Å². The minimum Gasteiger partial charge on any atom is -0.465 e. The predicted molar refractivity (Wildman–Crippen MR) is 64.9 cm³/mol. The van der Waals surface area contributed by atoms with E-state index < -0.39 is 0 Å². The number of fused-ring (bicyclic) bond motifs is 1. The summed E-state index contributed by atoms with van der Waals surface area (Å²) < 4.78 is 11.5. The second-order valence-corrected chi connectivity index (χ2v) is 4.95. The number of furan rings is 1. The van der Waals surface area contributed by atoms with Crippen LogP contribution in [0.1, 0.15) is 17.9 Å². The third-order valence-corrected chi connectivity index (χ3v) is 3.73. The molecule has 2 atom stereocenters. The first-order chi connectivity index (χ1) is 8.33. The van der Waals surface area contributed by atoms with Gasteiger partial charge in [-0.25, -0.2) is 0 Å². The fourth-order valence-corrected chi connectivity index (χ4v) is 2.86. The molecular weight excluding hydrogens is 216 g/mol. The van der Waals surface area contributed by atoms with Crippen molar-refractivity contribution < 1.29 is 9.15 Å². The Kier molecular flexibility index (Phi) is 3.18. The van der Waals surface area contributed by atoms with Crippen LogP contribution in [0.25, 0.3) is 0 Å². The molecule has 0 amide bonds. The van der Waals surface area contributed by atoms with Crippen LogP contribution in [0.4, 0.5) is 0 Å². The Bertz CT molecular complexity index is 375. The van der Waals surface area contributed by atoms with E-state index in [0.29, 0.717) is 12.1 Å². The summed E-state index contributed by atoms with van der Waals surface area (Å²) in [5.41, 5.74) is 0. The van der Waals surface area contributed by atoms with Crippen LogP contribution in [-0.4, -0.2) is 43.3 Å². The van der Waals surface area contributed by atoms with Crippen LogP contribution in [-0.2, 0) is 11.3 Å². The van der Waals surface area contributed by atoms with Crippen molar-refractivity contribution in [2.75, 3.05) is 26.2 Å². The molecule has 0 radical (unpaired) electrons. The lowest BCUT2D eigenvalue weighted by molar-refractivity contribution is -0.0859. The van der Waals surface area contributed by atoms with E-state index in [1.54, 1.807) is 0 Å². The monoisotopic (exact) mass is 236 g/mol. The van der Waals surface area contributed by atoms with Gasteiger partial charge in [0, 0.05) is 19.1 Å². The first-order valence-corrected chi connectivity index (χ1v) is 6.44. The first-order valence-electron chi connectivity index (χ1n) is 6.44. The molecule has 4 nitrogen and oxygen atoms in total. The highest BCUT2D eigenvalue weighted by atomic mass is 16.5. The highest BCUT2D eigenvalue weighted by Crippen LogP contribution is 2.22. The van der Waals surface area contributed by atoms with Crippen molar-refractivity contribution in [2.24, 2.45) is 0 Å². The highest BCUT2D eigenvalue weighted by molar-refractivity contribution is 5.06. The molecule has 0 spiro atoms. The molecule has 17 heavy (non-hydrogen) atoms. The average Bonchev–Trinajstić information content (AvgIpc) is 2.75. The van der Waals surface area contributed by atoms with Gasteiger partial charge in [0.15, 0.2) is 0 Å². The molecule has 0 aliphatic carbocycles. The standard InChI is InChI=1S/C13H20N2O2/c1-10-2-3-11(17-10)9-15-6-7-16-13-8-14-5-4-12(13)15/h2-3,12-14H,4-9H2,1H3/t12-,13-/m1/s1. The number of morpholine rings is 1. The van der Waals surface area contributed by atoms with Crippen LogP contribution in [0.5, 0.6) is 0 Å². The van der Waals surface area contributed by atoms with E-state index in [4.69, 9.17) is 9.15 Å². The van der Waals surface area contributed by atoms with Crippen LogP contribution in [0, 0.1) is 6.92 Å². The topological polar surface area (TPSA) is 37.6 Å². The normalized spacial score (nSPS) is 30.2. The predicted octanol–water partition coefficient (Wildman–Crippen LogP) is 1.15. The molecule has 1 aromatic rings. The van der Waals surface area contributed by atoms with Crippen molar-refractivity contribution in [3.63, 3.8) is 0 Å². The Morgan fingerprint density at radius 3 is 3.24 bits per heavy atom. The first kappa shape index (κ1) is 11.3. The average molecular weight is 236 g/mol. The van der Waals surface area contributed by atoms with Crippen LogP contribution in [0.15, 0.2) is 16.5 Å². The van der Waals surface area contributed by atoms with E-state index in [2.05, 4.69) is 16.3 Å². The maximum absolute atomic E-state index is 5.82. The molecule has 2 saturated heterocycles. The number of nitrogens with one attached hydrogen (secondary N) is 1. The number of aryl methyl sites for hydroxylation is 1. The van der Waals surface area contributed by atoms with E-state index in [1.807, 2.05) is 13.0 Å². The Morgan fingerprint density at radius 2 is 2.41 bits per heavy atom. The number of hydrogen-bond acceptors (Lipinski definition) is 4. The summed E-state index contributed by atoms with van der Waals surface area (Å²) in [6.07, 6.45) is 1.53. The number of hydrogen-bond donors (Lipinski definition) is 1. The molecule has 1 aromatic heterocycles. The third kappa shape index (κ3) is 2.39. The second-order valence-electron chi connectivity index (χ2n) is 4.95. The van der Waals surface area contributed by atoms with Crippen molar-refractivity contribution in [1.82, 2.24) is 10.2 Å². The summed E-state index contributed by atoms with van der Waals surface area (Å²) >= 11 is 0. The zero-order chi connectivity index (χ0) is 11.7. The van der Waals surface area contributed by atoms with Crippen LogP contribution >= 0.6 is 0 Å². The quantitative estimate of drug-likeness (QED) is 0.836. The molecule has 3 heterocycles. The number of rotatable bonds is 2. The molecular formula is C13H20N2O2. The van der Waals surface area contributed by atoms with Gasteiger partial charge in [0.25, 0.3) is 0 Å². The SMILES string of the molecule is Cc1ccc(CN2CCO[C@@H]3CNCC[C@H]32)o1. The van der Waals surface area contributed by atoms with Gasteiger partial charge in [0.05, 0.1) is 19.3 Å². The number of ether oxygens (including phenoxy) is 1. The van der Waals surface area contributed by atoms with Gasteiger partial charge in [-0.3, -0.25) is 4.90 Å². The summed E-state index contributed by atoms with van der Waals surface area (Å²) in [4.78, 5) is 2.51. The van der Waals surface area contributed by atoms with Gasteiger partial charge in [-0.2, -0.15) is 0 Å². The molecule has 1 N–H and O–H groups in total. The second kappa shape index (κ2) is 4.80. The fourth-order valence-electron chi connectivity index (χ4n) is 2.86. The maximum atomic E-state index is 5.82. The van der Waals surface area contributed by atoms with Gasteiger partial charge in [-0.05, 0) is 32.0 Å². The molecule has 94 valence electrons. The molecule has 0 saturated carbocycles. The summed E-state index contributed by atoms with van der Waals surface area (Å²) in [6, 6.07) is 4.67.